The second-order valence-electron chi connectivity index (χ2n) is 4.54. The van der Waals surface area contributed by atoms with Crippen molar-refractivity contribution in [2.24, 2.45) is 0 Å². The molecule has 0 aromatic carbocycles. The number of nitrogens with zero attached hydrogens (tertiary/aromatic N) is 1. The summed E-state index contributed by atoms with van der Waals surface area (Å²) in [5.74, 6) is 0. The van der Waals surface area contributed by atoms with Crippen LogP contribution in [0.25, 0.3) is 0 Å². The second kappa shape index (κ2) is 5.40. The van der Waals surface area contributed by atoms with E-state index in [-0.39, 0.29) is 0 Å². The molecule has 1 heterocycles. The summed E-state index contributed by atoms with van der Waals surface area (Å²) < 4.78 is 17.4. The molecule has 0 saturated carbocycles. The van der Waals surface area contributed by atoms with E-state index >= 15 is 0 Å². The molecular formula is C10H24NO3Si+. The largest absolute Gasteiger partial charge is 0.505 e. The van der Waals surface area contributed by atoms with Gasteiger partial charge in [-0.25, -0.2) is 0 Å². The molecule has 0 bridgehead atoms. The van der Waals surface area contributed by atoms with Crippen LogP contribution in [0.2, 0.25) is 6.04 Å². The zero-order chi connectivity index (χ0) is 11.4. The zero-order valence-corrected chi connectivity index (χ0v) is 11.4. The average Bonchev–Trinajstić information content (AvgIpc) is 2.69. The van der Waals surface area contributed by atoms with E-state index in [1.54, 1.807) is 21.3 Å². The summed E-state index contributed by atoms with van der Waals surface area (Å²) in [5, 5.41) is 0. The lowest BCUT2D eigenvalue weighted by molar-refractivity contribution is -0.895. The maximum atomic E-state index is 5.43. The van der Waals surface area contributed by atoms with Crippen LogP contribution in [0.5, 0.6) is 0 Å². The average molecular weight is 234 g/mol. The van der Waals surface area contributed by atoms with Gasteiger partial charge in [0, 0.05) is 34.2 Å². The van der Waals surface area contributed by atoms with Crippen LogP contribution in [0, 0.1) is 0 Å². The first-order chi connectivity index (χ1) is 7.10. The van der Waals surface area contributed by atoms with Gasteiger partial charge in [-0.15, -0.1) is 0 Å². The Hall–Kier alpha value is 0.0569. The van der Waals surface area contributed by atoms with Gasteiger partial charge in [0.15, 0.2) is 0 Å². The number of quaternary nitrogens is 1. The van der Waals surface area contributed by atoms with Gasteiger partial charge in [-0.05, 0) is 0 Å². The van der Waals surface area contributed by atoms with E-state index < -0.39 is 8.80 Å². The third kappa shape index (κ3) is 3.25. The van der Waals surface area contributed by atoms with E-state index in [1.165, 1.54) is 25.9 Å². The molecule has 1 aliphatic rings. The van der Waals surface area contributed by atoms with Crippen LogP contribution >= 0.6 is 0 Å². The van der Waals surface area contributed by atoms with Gasteiger partial charge < -0.3 is 17.8 Å². The number of likely N-dealkylation sites (tertiary alicyclic amines) is 1. The highest BCUT2D eigenvalue weighted by Crippen LogP contribution is 2.21. The number of hydrogen-bond acceptors (Lipinski definition) is 3. The topological polar surface area (TPSA) is 27.7 Å². The van der Waals surface area contributed by atoms with Crippen LogP contribution in [0.4, 0.5) is 0 Å². The van der Waals surface area contributed by atoms with Crippen molar-refractivity contribution in [3.05, 3.63) is 0 Å². The molecule has 0 aromatic heterocycles. The molecule has 0 amide bonds. The van der Waals surface area contributed by atoms with Crippen molar-refractivity contribution in [1.29, 1.82) is 0 Å². The fourth-order valence-corrected chi connectivity index (χ4v) is 4.21. The summed E-state index contributed by atoms with van der Waals surface area (Å²) in [6.45, 7) is 3.66. The van der Waals surface area contributed by atoms with Crippen LogP contribution in [0.15, 0.2) is 0 Å². The van der Waals surface area contributed by atoms with Gasteiger partial charge in [0.25, 0.3) is 0 Å². The first kappa shape index (κ1) is 13.1. The molecule has 15 heavy (non-hydrogen) atoms. The Morgan fingerprint density at radius 2 is 1.47 bits per heavy atom. The Morgan fingerprint density at radius 3 is 1.87 bits per heavy atom. The summed E-state index contributed by atoms with van der Waals surface area (Å²) >= 11 is 0. The van der Waals surface area contributed by atoms with E-state index in [2.05, 4.69) is 7.05 Å². The van der Waals surface area contributed by atoms with Crippen molar-refractivity contribution >= 4 is 8.80 Å². The molecule has 1 aliphatic heterocycles. The summed E-state index contributed by atoms with van der Waals surface area (Å²) in [7, 11) is 5.02. The van der Waals surface area contributed by atoms with Gasteiger partial charge in [0.2, 0.25) is 0 Å². The van der Waals surface area contributed by atoms with E-state index in [1.807, 2.05) is 0 Å². The maximum Gasteiger partial charge on any atom is 0.505 e. The molecule has 90 valence electrons. The Balaban J connectivity index is 2.45. The van der Waals surface area contributed by atoms with E-state index in [0.717, 1.165) is 17.1 Å². The fraction of sp³-hybridized carbons (Fsp3) is 1.00. The summed E-state index contributed by atoms with van der Waals surface area (Å²) in [4.78, 5) is 0. The van der Waals surface area contributed by atoms with Gasteiger partial charge in [0.1, 0.15) is 0 Å². The third-order valence-corrected chi connectivity index (χ3v) is 6.24. The van der Waals surface area contributed by atoms with Crippen LogP contribution in [0.1, 0.15) is 12.8 Å². The minimum atomic E-state index is -2.35. The minimum Gasteiger partial charge on any atom is -0.377 e. The molecule has 0 aromatic rings. The first-order valence-corrected chi connectivity index (χ1v) is 7.52. The van der Waals surface area contributed by atoms with Crippen LogP contribution < -0.4 is 0 Å². The summed E-state index contributed by atoms with van der Waals surface area (Å²) in [6, 6.07) is 0.910. The molecule has 0 atom stereocenters. The molecule has 5 heteroatoms. The molecule has 0 spiro atoms. The molecule has 0 unspecified atom stereocenters. The van der Waals surface area contributed by atoms with Crippen molar-refractivity contribution in [3.8, 4) is 0 Å². The number of rotatable bonds is 6. The SMILES string of the molecule is CO[Si](CC[N+]1(C)CCCC1)(OC)OC. The predicted molar refractivity (Wildman–Crippen MR) is 61.6 cm³/mol. The maximum absolute atomic E-state index is 5.43. The fourth-order valence-electron chi connectivity index (χ4n) is 2.29. The van der Waals surface area contributed by atoms with Crippen molar-refractivity contribution in [1.82, 2.24) is 0 Å². The Bertz CT molecular complexity index is 183. The minimum absolute atomic E-state index is 0.910. The Morgan fingerprint density at radius 1 is 1.00 bits per heavy atom. The Kier molecular flexibility index (Phi) is 4.73. The van der Waals surface area contributed by atoms with Crippen LogP contribution in [0.3, 0.4) is 0 Å². The van der Waals surface area contributed by atoms with Crippen molar-refractivity contribution in [2.45, 2.75) is 18.9 Å². The quantitative estimate of drug-likeness (QED) is 0.509. The lowest BCUT2D eigenvalue weighted by Crippen LogP contribution is -2.50. The smallest absolute Gasteiger partial charge is 0.377 e. The highest BCUT2D eigenvalue weighted by Gasteiger charge is 2.41. The molecule has 0 N–H and O–H groups in total. The van der Waals surface area contributed by atoms with E-state index in [0.29, 0.717) is 0 Å². The van der Waals surface area contributed by atoms with E-state index in [4.69, 9.17) is 13.3 Å². The standard InChI is InChI=1S/C10H24NO3Si/c1-11(7-5-6-8-11)9-10-15(12-2,13-3)14-4/h5-10H2,1-4H3/q+1. The summed E-state index contributed by atoms with van der Waals surface area (Å²) in [6.07, 6.45) is 2.69. The lowest BCUT2D eigenvalue weighted by Gasteiger charge is -2.32. The first-order valence-electron chi connectivity index (χ1n) is 5.59. The van der Waals surface area contributed by atoms with Crippen molar-refractivity contribution in [2.75, 3.05) is 48.0 Å². The van der Waals surface area contributed by atoms with Gasteiger partial charge >= 0.3 is 8.80 Å². The van der Waals surface area contributed by atoms with Gasteiger partial charge in [0.05, 0.1) is 32.7 Å². The molecule has 1 saturated heterocycles. The van der Waals surface area contributed by atoms with Crippen LogP contribution in [-0.2, 0) is 13.3 Å². The molecule has 0 radical (unpaired) electrons. The normalized spacial score (nSPS) is 20.8. The van der Waals surface area contributed by atoms with Gasteiger partial charge in [-0.2, -0.15) is 0 Å². The number of hydrogen-bond donors (Lipinski definition) is 0. The molecule has 1 fully saturated rings. The van der Waals surface area contributed by atoms with Crippen molar-refractivity contribution < 1.29 is 17.8 Å². The highest BCUT2D eigenvalue weighted by molar-refractivity contribution is 6.60. The zero-order valence-electron chi connectivity index (χ0n) is 10.4. The summed E-state index contributed by atoms with van der Waals surface area (Å²) in [5.41, 5.74) is 0. The predicted octanol–water partition coefficient (Wildman–Crippen LogP) is 1.10. The molecule has 1 rings (SSSR count). The third-order valence-electron chi connectivity index (χ3n) is 3.54. The second-order valence-corrected chi connectivity index (χ2v) is 7.63. The lowest BCUT2D eigenvalue weighted by atomic mass is 10.4. The Labute approximate surface area is 94.1 Å². The highest BCUT2D eigenvalue weighted by atomic mass is 28.4. The molecule has 0 aliphatic carbocycles. The van der Waals surface area contributed by atoms with Crippen molar-refractivity contribution in [3.63, 3.8) is 0 Å². The van der Waals surface area contributed by atoms with Crippen LogP contribution in [-0.4, -0.2) is 61.3 Å². The molecule has 4 nitrogen and oxygen atoms in total. The molecular weight excluding hydrogens is 210 g/mol. The monoisotopic (exact) mass is 234 g/mol. The van der Waals surface area contributed by atoms with Gasteiger partial charge in [-0.1, -0.05) is 0 Å². The van der Waals surface area contributed by atoms with E-state index in [9.17, 15) is 0 Å². The van der Waals surface area contributed by atoms with Gasteiger partial charge in [-0.3, -0.25) is 0 Å².